The number of amides is 1. The molecule has 0 radical (unpaired) electrons. The van der Waals surface area contributed by atoms with E-state index in [-0.39, 0.29) is 18.5 Å². The molecule has 0 atom stereocenters. The van der Waals surface area contributed by atoms with Gasteiger partial charge in [-0.1, -0.05) is 52.7 Å². The standard InChI is InChI=1S/C41H49BrClFN4O5/c1-8-32-36(33(25-42)47(7)45-32)35-31(43)20-19-30-29(15-13-23-52-34-16-12-14-26-24-27(44)17-18-28(26)34)38(39(49)51-9-2)48(37(30)35)22-11-10-21-46(6)40(50)53-41(3,4)5/h12,14,16-20,24H,8-11,13,15,21-23,25H2,1-7H3. The van der Waals surface area contributed by atoms with Gasteiger partial charge in [0, 0.05) is 54.4 Å². The lowest BCUT2D eigenvalue weighted by Gasteiger charge is -2.24. The Morgan fingerprint density at radius 1 is 1.02 bits per heavy atom. The van der Waals surface area contributed by atoms with Gasteiger partial charge in [0.2, 0.25) is 0 Å². The second-order valence-corrected chi connectivity index (χ2v) is 15.0. The molecule has 0 N–H and O–H groups in total. The van der Waals surface area contributed by atoms with Gasteiger partial charge in [-0.2, -0.15) is 5.10 Å². The number of carbonyl (C=O) groups is 2. The molecule has 5 aromatic rings. The number of hydrogen-bond acceptors (Lipinski definition) is 6. The molecule has 0 unspecified atom stereocenters. The molecule has 0 aliphatic carbocycles. The molecule has 0 bridgehead atoms. The summed E-state index contributed by atoms with van der Waals surface area (Å²) in [4.78, 5) is 28.2. The predicted molar refractivity (Wildman–Crippen MR) is 213 cm³/mol. The van der Waals surface area contributed by atoms with Crippen LogP contribution in [0.5, 0.6) is 5.75 Å². The Morgan fingerprint density at radius 3 is 2.47 bits per heavy atom. The van der Waals surface area contributed by atoms with Gasteiger partial charge in [-0.05, 0) is 101 Å². The second-order valence-electron chi connectivity index (χ2n) is 14.1. The number of aryl methyl sites for hydroxylation is 4. The van der Waals surface area contributed by atoms with E-state index in [0.29, 0.717) is 73.6 Å². The van der Waals surface area contributed by atoms with Crippen LogP contribution in [-0.2, 0) is 41.2 Å². The first-order chi connectivity index (χ1) is 25.3. The van der Waals surface area contributed by atoms with E-state index in [4.69, 9.17) is 30.9 Å². The molecule has 53 heavy (non-hydrogen) atoms. The number of unbranched alkanes of at least 4 members (excludes halogenated alkanes) is 1. The third-order valence-electron chi connectivity index (χ3n) is 9.16. The van der Waals surface area contributed by atoms with Crippen LogP contribution in [-0.4, -0.2) is 63.7 Å². The fourth-order valence-corrected chi connectivity index (χ4v) is 7.67. The molecule has 9 nitrogen and oxygen atoms in total. The number of benzene rings is 3. The van der Waals surface area contributed by atoms with Gasteiger partial charge in [0.25, 0.3) is 0 Å². The first kappa shape index (κ1) is 40.1. The highest BCUT2D eigenvalue weighted by molar-refractivity contribution is 9.08. The van der Waals surface area contributed by atoms with E-state index in [1.807, 2.05) is 62.8 Å². The summed E-state index contributed by atoms with van der Waals surface area (Å²) in [6.07, 6.45) is 2.77. The molecule has 12 heteroatoms. The molecule has 2 aromatic heterocycles. The summed E-state index contributed by atoms with van der Waals surface area (Å²) in [7, 11) is 3.66. The second kappa shape index (κ2) is 17.4. The van der Waals surface area contributed by atoms with Crippen LogP contribution in [0.4, 0.5) is 9.18 Å². The van der Waals surface area contributed by atoms with E-state index in [0.717, 1.165) is 49.8 Å². The Labute approximate surface area is 324 Å². The normalized spacial score (nSPS) is 11.7. The van der Waals surface area contributed by atoms with Crippen molar-refractivity contribution in [3.8, 4) is 16.9 Å². The van der Waals surface area contributed by atoms with Crippen LogP contribution in [0.25, 0.3) is 32.8 Å². The lowest BCUT2D eigenvalue weighted by molar-refractivity contribution is 0.0296. The highest BCUT2D eigenvalue weighted by Crippen LogP contribution is 2.43. The Balaban J connectivity index is 1.56. The summed E-state index contributed by atoms with van der Waals surface area (Å²) < 4.78 is 35.3. The van der Waals surface area contributed by atoms with Crippen molar-refractivity contribution in [3.63, 3.8) is 0 Å². The average Bonchev–Trinajstić information content (AvgIpc) is 3.60. The van der Waals surface area contributed by atoms with Crippen molar-refractivity contribution in [2.45, 2.75) is 84.2 Å². The zero-order valence-electron chi connectivity index (χ0n) is 31.7. The smallest absolute Gasteiger partial charge is 0.410 e. The summed E-state index contributed by atoms with van der Waals surface area (Å²) in [6, 6.07) is 14.1. The number of esters is 1. The van der Waals surface area contributed by atoms with Gasteiger partial charge in [0.15, 0.2) is 0 Å². The molecule has 2 heterocycles. The zero-order chi connectivity index (χ0) is 38.4. The van der Waals surface area contributed by atoms with E-state index in [2.05, 4.69) is 27.4 Å². The number of hydrogen-bond donors (Lipinski definition) is 0. The van der Waals surface area contributed by atoms with Crippen molar-refractivity contribution < 1.29 is 28.2 Å². The Hall–Kier alpha value is -4.09. The van der Waals surface area contributed by atoms with Crippen molar-refractivity contribution in [1.29, 1.82) is 0 Å². The van der Waals surface area contributed by atoms with Crippen molar-refractivity contribution in [1.82, 2.24) is 19.2 Å². The van der Waals surface area contributed by atoms with Crippen LogP contribution < -0.4 is 4.74 Å². The minimum atomic E-state index is -0.590. The summed E-state index contributed by atoms with van der Waals surface area (Å²) in [5.74, 6) is -0.0362. The van der Waals surface area contributed by atoms with Crippen LogP contribution in [0.3, 0.4) is 0 Å². The van der Waals surface area contributed by atoms with Gasteiger partial charge in [-0.3, -0.25) is 4.68 Å². The number of alkyl halides is 1. The molecule has 0 saturated carbocycles. The predicted octanol–water partition coefficient (Wildman–Crippen LogP) is 10.3. The van der Waals surface area contributed by atoms with Gasteiger partial charge < -0.3 is 23.7 Å². The molecule has 1 amide bonds. The third kappa shape index (κ3) is 9.00. The zero-order valence-corrected chi connectivity index (χ0v) is 34.0. The highest BCUT2D eigenvalue weighted by atomic mass is 79.9. The Kier molecular flexibility index (Phi) is 13.1. The number of aromatic nitrogens is 3. The largest absolute Gasteiger partial charge is 0.493 e. The molecule has 0 aliphatic heterocycles. The molecule has 3 aromatic carbocycles. The van der Waals surface area contributed by atoms with Crippen LogP contribution >= 0.6 is 27.5 Å². The molecule has 284 valence electrons. The summed E-state index contributed by atoms with van der Waals surface area (Å²) in [6.45, 7) is 11.0. The van der Waals surface area contributed by atoms with Gasteiger partial charge in [-0.25, -0.2) is 14.0 Å². The fourth-order valence-electron chi connectivity index (χ4n) is 6.78. The number of nitrogens with zero attached hydrogens (tertiary/aromatic N) is 4. The van der Waals surface area contributed by atoms with E-state index < -0.39 is 11.6 Å². The fraction of sp³-hybridized carbons (Fsp3) is 0.439. The van der Waals surface area contributed by atoms with E-state index in [1.54, 1.807) is 24.9 Å². The Bertz CT molecular complexity index is 2100. The maximum atomic E-state index is 14.0. The summed E-state index contributed by atoms with van der Waals surface area (Å²) in [5.41, 5.74) is 5.25. The number of ether oxygens (including phenoxy) is 3. The van der Waals surface area contributed by atoms with Crippen molar-refractivity contribution >= 4 is 61.3 Å². The minimum absolute atomic E-state index is 0.217. The quantitative estimate of drug-likeness (QED) is 0.0594. The van der Waals surface area contributed by atoms with Crippen molar-refractivity contribution in [2.24, 2.45) is 7.05 Å². The summed E-state index contributed by atoms with van der Waals surface area (Å²) >= 11 is 10.8. The van der Waals surface area contributed by atoms with Crippen molar-refractivity contribution in [3.05, 3.63) is 82.0 Å². The molecule has 0 aliphatic rings. The van der Waals surface area contributed by atoms with Crippen LogP contribution in [0.15, 0.2) is 48.5 Å². The number of carbonyl (C=O) groups excluding carboxylic acids is 2. The van der Waals surface area contributed by atoms with Crippen LogP contribution in [0.2, 0.25) is 5.02 Å². The maximum absolute atomic E-state index is 14.0. The van der Waals surface area contributed by atoms with Gasteiger partial charge in [-0.15, -0.1) is 0 Å². The molecular weight excluding hydrogens is 763 g/mol. The lowest BCUT2D eigenvalue weighted by atomic mass is 9.97. The minimum Gasteiger partial charge on any atom is -0.493 e. The lowest BCUT2D eigenvalue weighted by Crippen LogP contribution is -2.34. The number of halogens is 3. The Morgan fingerprint density at radius 2 is 1.77 bits per heavy atom. The topological polar surface area (TPSA) is 87.8 Å². The average molecular weight is 812 g/mol. The van der Waals surface area contributed by atoms with Crippen LogP contribution in [0.1, 0.15) is 81.3 Å². The first-order valence-electron chi connectivity index (χ1n) is 18.2. The number of fused-ring (bicyclic) bond motifs is 2. The molecular formula is C41H49BrClFN4O5. The SMILES string of the molecule is CCOC(=O)c1c(CCCOc2cccc3cc(F)ccc23)c2ccc(Cl)c(-c3c(CC)nn(C)c3CBr)c2n1CCCCN(C)C(=O)OC(C)(C)C. The summed E-state index contributed by atoms with van der Waals surface area (Å²) in [5, 5.41) is 8.47. The monoisotopic (exact) mass is 810 g/mol. The van der Waals surface area contributed by atoms with E-state index >= 15 is 0 Å². The number of rotatable bonds is 15. The maximum Gasteiger partial charge on any atom is 0.410 e. The van der Waals surface area contributed by atoms with Gasteiger partial charge >= 0.3 is 12.1 Å². The van der Waals surface area contributed by atoms with Gasteiger partial charge in [0.05, 0.1) is 35.1 Å². The van der Waals surface area contributed by atoms with Crippen molar-refractivity contribution in [2.75, 3.05) is 26.8 Å². The third-order valence-corrected chi connectivity index (χ3v) is 10.0. The molecule has 0 saturated heterocycles. The highest BCUT2D eigenvalue weighted by Gasteiger charge is 2.29. The van der Waals surface area contributed by atoms with E-state index in [9.17, 15) is 14.0 Å². The van der Waals surface area contributed by atoms with Gasteiger partial charge in [0.1, 0.15) is 22.9 Å². The first-order valence-corrected chi connectivity index (χ1v) is 19.7. The van der Waals surface area contributed by atoms with E-state index in [1.165, 1.54) is 12.1 Å². The van der Waals surface area contributed by atoms with Crippen LogP contribution in [0, 0.1) is 5.82 Å². The molecule has 0 spiro atoms. The molecule has 0 fully saturated rings. The molecule has 5 rings (SSSR count).